The molecule has 1 saturated carbocycles. The normalized spacial score (nSPS) is 19.3. The molecule has 0 aromatic carbocycles. The maximum atomic E-state index is 12.3. The van der Waals surface area contributed by atoms with E-state index in [0.717, 1.165) is 35.6 Å². The lowest BCUT2D eigenvalue weighted by Crippen LogP contribution is -2.35. The Morgan fingerprint density at radius 1 is 1.60 bits per heavy atom. The Balaban J connectivity index is 2.26. The zero-order valence-electron chi connectivity index (χ0n) is 8.95. The molecule has 1 aliphatic rings. The van der Waals surface area contributed by atoms with Gasteiger partial charge in [0.2, 0.25) is 0 Å². The molecular weight excluding hydrogens is 208 g/mol. The summed E-state index contributed by atoms with van der Waals surface area (Å²) < 4.78 is 0. The topological polar surface area (TPSA) is 56.0 Å². The summed E-state index contributed by atoms with van der Waals surface area (Å²) in [5.41, 5.74) is 5.50. The molecule has 2 N–H and O–H groups in total. The van der Waals surface area contributed by atoms with E-state index in [0.29, 0.717) is 6.54 Å². The van der Waals surface area contributed by atoms with Crippen molar-refractivity contribution in [1.82, 2.24) is 4.98 Å². The number of aryl methyl sites for hydroxylation is 1. The van der Waals surface area contributed by atoms with E-state index >= 15 is 0 Å². The van der Waals surface area contributed by atoms with Crippen LogP contribution in [0, 0.1) is 12.3 Å². The maximum absolute atomic E-state index is 12.3. The minimum Gasteiger partial charge on any atom is -0.329 e. The Morgan fingerprint density at radius 2 is 2.27 bits per heavy atom. The molecule has 3 nitrogen and oxygen atoms in total. The van der Waals surface area contributed by atoms with Crippen LogP contribution in [-0.4, -0.2) is 17.3 Å². The summed E-state index contributed by atoms with van der Waals surface area (Å²) in [6, 6.07) is 0. The third-order valence-corrected chi connectivity index (χ3v) is 4.19. The van der Waals surface area contributed by atoms with Crippen LogP contribution in [0.1, 0.15) is 40.4 Å². The van der Waals surface area contributed by atoms with Crippen LogP contribution >= 0.6 is 11.3 Å². The molecular formula is C11H16N2OS. The van der Waals surface area contributed by atoms with Crippen molar-refractivity contribution in [1.29, 1.82) is 0 Å². The van der Waals surface area contributed by atoms with Crippen molar-refractivity contribution in [3.05, 3.63) is 16.1 Å². The fourth-order valence-corrected chi connectivity index (χ4v) is 3.14. The number of carbonyl (C=O) groups is 1. The van der Waals surface area contributed by atoms with E-state index in [1.807, 2.05) is 6.92 Å². The molecule has 0 aliphatic heterocycles. The Labute approximate surface area is 93.7 Å². The molecule has 0 spiro atoms. The SMILES string of the molecule is Cc1ncc(C(=O)C2(CN)CCCC2)s1. The van der Waals surface area contributed by atoms with Crippen molar-refractivity contribution in [2.75, 3.05) is 6.54 Å². The number of nitrogens with zero attached hydrogens (tertiary/aromatic N) is 1. The molecule has 0 amide bonds. The van der Waals surface area contributed by atoms with Gasteiger partial charge in [-0.25, -0.2) is 4.98 Å². The molecule has 2 rings (SSSR count). The highest BCUT2D eigenvalue weighted by Crippen LogP contribution is 2.40. The van der Waals surface area contributed by atoms with Gasteiger partial charge < -0.3 is 5.73 Å². The van der Waals surface area contributed by atoms with Crippen LogP contribution in [0.15, 0.2) is 6.20 Å². The first-order chi connectivity index (χ1) is 7.18. The summed E-state index contributed by atoms with van der Waals surface area (Å²) in [7, 11) is 0. The summed E-state index contributed by atoms with van der Waals surface area (Å²) in [6.07, 6.45) is 5.83. The van der Waals surface area contributed by atoms with Gasteiger partial charge >= 0.3 is 0 Å². The number of rotatable bonds is 3. The lowest BCUT2D eigenvalue weighted by molar-refractivity contribution is 0.0814. The monoisotopic (exact) mass is 224 g/mol. The van der Waals surface area contributed by atoms with Gasteiger partial charge in [-0.2, -0.15) is 0 Å². The van der Waals surface area contributed by atoms with Crippen LogP contribution in [0.3, 0.4) is 0 Å². The molecule has 0 radical (unpaired) electrons. The third-order valence-electron chi connectivity index (χ3n) is 3.28. The van der Waals surface area contributed by atoms with Gasteiger partial charge in [0, 0.05) is 18.2 Å². The van der Waals surface area contributed by atoms with E-state index in [2.05, 4.69) is 4.98 Å². The predicted molar refractivity (Wildman–Crippen MR) is 61.1 cm³/mol. The average Bonchev–Trinajstić information content (AvgIpc) is 2.86. The van der Waals surface area contributed by atoms with Crippen LogP contribution < -0.4 is 5.73 Å². The quantitative estimate of drug-likeness (QED) is 0.800. The molecule has 1 aromatic rings. The summed E-state index contributed by atoms with van der Waals surface area (Å²) >= 11 is 1.48. The summed E-state index contributed by atoms with van der Waals surface area (Å²) in [5, 5.41) is 0.948. The van der Waals surface area contributed by atoms with Crippen LogP contribution in [-0.2, 0) is 0 Å². The first kappa shape index (κ1) is 10.8. The van der Waals surface area contributed by atoms with E-state index in [9.17, 15) is 4.79 Å². The highest BCUT2D eigenvalue weighted by atomic mass is 32.1. The summed E-state index contributed by atoms with van der Waals surface area (Å²) in [4.78, 5) is 17.2. The van der Waals surface area contributed by atoms with Crippen molar-refractivity contribution >= 4 is 17.1 Å². The fourth-order valence-electron chi connectivity index (χ4n) is 2.30. The van der Waals surface area contributed by atoms with Gasteiger partial charge in [-0.05, 0) is 19.8 Å². The average molecular weight is 224 g/mol. The van der Waals surface area contributed by atoms with Crippen molar-refractivity contribution < 1.29 is 4.79 Å². The zero-order valence-corrected chi connectivity index (χ0v) is 9.77. The highest BCUT2D eigenvalue weighted by molar-refractivity contribution is 7.13. The second kappa shape index (κ2) is 4.02. The van der Waals surface area contributed by atoms with Crippen LogP contribution in [0.25, 0.3) is 0 Å². The molecule has 4 heteroatoms. The zero-order chi connectivity index (χ0) is 10.9. The second-order valence-electron chi connectivity index (χ2n) is 4.26. The van der Waals surface area contributed by atoms with E-state index in [4.69, 9.17) is 5.73 Å². The predicted octanol–water partition coefficient (Wildman–Crippen LogP) is 2.15. The maximum Gasteiger partial charge on any atom is 0.181 e. The highest BCUT2D eigenvalue weighted by Gasteiger charge is 2.40. The van der Waals surface area contributed by atoms with Gasteiger partial charge in [0.1, 0.15) is 0 Å². The van der Waals surface area contributed by atoms with E-state index in [-0.39, 0.29) is 11.2 Å². The van der Waals surface area contributed by atoms with Gasteiger partial charge in [-0.3, -0.25) is 4.79 Å². The Bertz CT molecular complexity index is 366. The molecule has 0 unspecified atom stereocenters. The summed E-state index contributed by atoms with van der Waals surface area (Å²) in [5.74, 6) is 0.216. The molecule has 15 heavy (non-hydrogen) atoms. The Morgan fingerprint density at radius 3 is 2.73 bits per heavy atom. The number of aromatic nitrogens is 1. The van der Waals surface area contributed by atoms with Gasteiger partial charge in [-0.1, -0.05) is 12.8 Å². The van der Waals surface area contributed by atoms with E-state index < -0.39 is 0 Å². The minimum absolute atomic E-state index is 0.216. The molecule has 1 aromatic heterocycles. The fraction of sp³-hybridized carbons (Fsp3) is 0.636. The summed E-state index contributed by atoms with van der Waals surface area (Å²) in [6.45, 7) is 2.40. The standard InChI is InChI=1S/C11H16N2OS/c1-8-13-6-9(15-8)10(14)11(7-12)4-2-3-5-11/h6H,2-5,7,12H2,1H3. The van der Waals surface area contributed by atoms with Crippen molar-refractivity contribution in [2.45, 2.75) is 32.6 Å². The number of hydrogen-bond acceptors (Lipinski definition) is 4. The number of ketones is 1. The van der Waals surface area contributed by atoms with Crippen LogP contribution in [0.2, 0.25) is 0 Å². The molecule has 1 aliphatic carbocycles. The largest absolute Gasteiger partial charge is 0.329 e. The van der Waals surface area contributed by atoms with Crippen LogP contribution in [0.4, 0.5) is 0 Å². The van der Waals surface area contributed by atoms with Gasteiger partial charge in [0.05, 0.1) is 9.88 Å². The number of carbonyl (C=O) groups excluding carboxylic acids is 1. The van der Waals surface area contributed by atoms with E-state index in [1.54, 1.807) is 6.20 Å². The molecule has 0 atom stereocenters. The Hall–Kier alpha value is -0.740. The van der Waals surface area contributed by atoms with Gasteiger partial charge in [-0.15, -0.1) is 11.3 Å². The van der Waals surface area contributed by atoms with Gasteiger partial charge in [0.25, 0.3) is 0 Å². The second-order valence-corrected chi connectivity index (χ2v) is 5.50. The van der Waals surface area contributed by atoms with Crippen LogP contribution in [0.5, 0.6) is 0 Å². The first-order valence-electron chi connectivity index (χ1n) is 5.35. The molecule has 82 valence electrons. The lowest BCUT2D eigenvalue weighted by Gasteiger charge is -2.24. The number of nitrogens with two attached hydrogens (primary N) is 1. The number of hydrogen-bond donors (Lipinski definition) is 1. The number of Topliss-reactive ketones (excluding diaryl/α,β-unsaturated/α-hetero) is 1. The lowest BCUT2D eigenvalue weighted by atomic mass is 9.81. The number of thiazole rings is 1. The first-order valence-corrected chi connectivity index (χ1v) is 6.17. The van der Waals surface area contributed by atoms with Crippen molar-refractivity contribution in [2.24, 2.45) is 11.1 Å². The van der Waals surface area contributed by atoms with Gasteiger partial charge in [0.15, 0.2) is 5.78 Å². The molecule has 0 saturated heterocycles. The third kappa shape index (κ3) is 1.84. The molecule has 0 bridgehead atoms. The van der Waals surface area contributed by atoms with E-state index in [1.165, 1.54) is 11.3 Å². The molecule has 1 fully saturated rings. The molecule has 1 heterocycles. The minimum atomic E-state index is -0.279. The van der Waals surface area contributed by atoms with Crippen molar-refractivity contribution in [3.63, 3.8) is 0 Å². The smallest absolute Gasteiger partial charge is 0.181 e. The Kier molecular flexibility index (Phi) is 2.89. The van der Waals surface area contributed by atoms with Crippen molar-refractivity contribution in [3.8, 4) is 0 Å².